The maximum absolute atomic E-state index is 12.9. The van der Waals surface area contributed by atoms with E-state index in [1.54, 1.807) is 43.7 Å². The summed E-state index contributed by atoms with van der Waals surface area (Å²) in [7, 11) is 1.62. The third-order valence-corrected chi connectivity index (χ3v) is 4.85. The molecule has 3 aromatic rings. The normalized spacial score (nSPS) is 15.9. The van der Waals surface area contributed by atoms with Crippen LogP contribution < -0.4 is 9.47 Å². The van der Waals surface area contributed by atoms with Crippen molar-refractivity contribution in [2.45, 2.75) is 12.5 Å². The minimum Gasteiger partial charge on any atom is -0.497 e. The molecule has 1 amide bonds. The molecule has 2 aromatic carbocycles. The van der Waals surface area contributed by atoms with E-state index >= 15 is 0 Å². The van der Waals surface area contributed by atoms with Gasteiger partial charge >= 0.3 is 0 Å². The molecule has 0 saturated heterocycles. The van der Waals surface area contributed by atoms with E-state index in [-0.39, 0.29) is 18.6 Å². The van der Waals surface area contributed by atoms with Crippen LogP contribution in [0.25, 0.3) is 0 Å². The Kier molecular flexibility index (Phi) is 5.53. The Balaban J connectivity index is 1.54. The molecule has 4 rings (SSSR count). The molecule has 148 valence electrons. The van der Waals surface area contributed by atoms with Gasteiger partial charge in [0.05, 0.1) is 19.1 Å². The van der Waals surface area contributed by atoms with E-state index in [4.69, 9.17) is 25.5 Å². The molecule has 1 atom stereocenters. The van der Waals surface area contributed by atoms with Gasteiger partial charge in [-0.05, 0) is 60.2 Å². The van der Waals surface area contributed by atoms with E-state index in [1.165, 1.54) is 5.01 Å². The number of hydrogen-bond donors (Lipinski definition) is 0. The molecular formula is C22H19ClN2O4. The summed E-state index contributed by atoms with van der Waals surface area (Å²) in [5.74, 6) is 1.69. The first kappa shape index (κ1) is 19.1. The number of carbonyl (C=O) groups is 1. The number of rotatable bonds is 6. The summed E-state index contributed by atoms with van der Waals surface area (Å²) in [5.41, 5.74) is 1.72. The molecule has 1 aliphatic heterocycles. The van der Waals surface area contributed by atoms with Gasteiger partial charge in [0.2, 0.25) is 0 Å². The van der Waals surface area contributed by atoms with Gasteiger partial charge in [-0.15, -0.1) is 0 Å². The van der Waals surface area contributed by atoms with Gasteiger partial charge in [-0.25, -0.2) is 5.01 Å². The third-order valence-electron chi connectivity index (χ3n) is 4.62. The van der Waals surface area contributed by atoms with Crippen molar-refractivity contribution in [2.24, 2.45) is 5.10 Å². The van der Waals surface area contributed by atoms with Gasteiger partial charge in [0.25, 0.3) is 5.91 Å². The summed E-state index contributed by atoms with van der Waals surface area (Å²) in [6.45, 7) is -0.156. The van der Waals surface area contributed by atoms with Crippen molar-refractivity contribution in [1.29, 1.82) is 0 Å². The highest BCUT2D eigenvalue weighted by atomic mass is 35.5. The predicted octanol–water partition coefficient (Wildman–Crippen LogP) is 4.70. The van der Waals surface area contributed by atoms with Gasteiger partial charge in [-0.1, -0.05) is 17.7 Å². The van der Waals surface area contributed by atoms with Gasteiger partial charge in [-0.2, -0.15) is 5.10 Å². The molecule has 0 aliphatic carbocycles. The molecule has 0 N–H and O–H groups in total. The molecule has 0 radical (unpaired) electrons. The summed E-state index contributed by atoms with van der Waals surface area (Å²) >= 11 is 5.97. The smallest absolute Gasteiger partial charge is 0.281 e. The zero-order valence-corrected chi connectivity index (χ0v) is 16.5. The Morgan fingerprint density at radius 1 is 1.17 bits per heavy atom. The monoisotopic (exact) mass is 410 g/mol. The lowest BCUT2D eigenvalue weighted by molar-refractivity contribution is -0.135. The zero-order chi connectivity index (χ0) is 20.2. The average Bonchev–Trinajstić information content (AvgIpc) is 3.42. The van der Waals surface area contributed by atoms with Gasteiger partial charge in [0.15, 0.2) is 6.61 Å². The topological polar surface area (TPSA) is 64.3 Å². The van der Waals surface area contributed by atoms with Crippen molar-refractivity contribution in [1.82, 2.24) is 5.01 Å². The maximum Gasteiger partial charge on any atom is 0.281 e. The van der Waals surface area contributed by atoms with E-state index in [0.29, 0.717) is 23.0 Å². The molecule has 2 heterocycles. The quantitative estimate of drug-likeness (QED) is 0.591. The van der Waals surface area contributed by atoms with E-state index in [2.05, 4.69) is 5.10 Å². The SMILES string of the molecule is COc1ccc(C2=NN(C(=O)COc3cccc(Cl)c3)[C@@H](c3ccco3)C2)cc1. The number of hydrogen-bond acceptors (Lipinski definition) is 5. The minimum atomic E-state index is -0.322. The number of methoxy groups -OCH3 is 1. The number of hydrazone groups is 1. The van der Waals surface area contributed by atoms with Crippen LogP contribution in [0.1, 0.15) is 23.8 Å². The molecule has 1 aromatic heterocycles. The second-order valence-electron chi connectivity index (χ2n) is 6.49. The summed E-state index contributed by atoms with van der Waals surface area (Å²) in [6.07, 6.45) is 2.13. The second-order valence-corrected chi connectivity index (χ2v) is 6.93. The van der Waals surface area contributed by atoms with Crippen LogP contribution in [0.4, 0.5) is 0 Å². The Morgan fingerprint density at radius 3 is 2.69 bits per heavy atom. The van der Waals surface area contributed by atoms with Crippen molar-refractivity contribution >= 4 is 23.2 Å². The zero-order valence-electron chi connectivity index (χ0n) is 15.7. The average molecular weight is 411 g/mol. The molecule has 1 aliphatic rings. The lowest BCUT2D eigenvalue weighted by Crippen LogP contribution is -2.31. The number of nitrogens with zero attached hydrogens (tertiary/aromatic N) is 2. The van der Waals surface area contributed by atoms with Gasteiger partial charge in [-0.3, -0.25) is 4.79 Å². The van der Waals surface area contributed by atoms with Crippen LogP contribution in [0.3, 0.4) is 0 Å². The molecule has 0 fully saturated rings. The van der Waals surface area contributed by atoms with E-state index in [9.17, 15) is 4.79 Å². The standard InChI is InChI=1S/C22H19ClN2O4/c1-27-17-9-7-15(8-10-17)19-13-20(21-6-3-11-28-21)25(24-19)22(26)14-29-18-5-2-4-16(23)12-18/h2-12,20H,13-14H2,1H3/t20-/m1/s1. The third kappa shape index (κ3) is 4.27. The van der Waals surface area contributed by atoms with Crippen molar-refractivity contribution in [3.05, 3.63) is 83.3 Å². The second kappa shape index (κ2) is 8.41. The fourth-order valence-electron chi connectivity index (χ4n) is 3.17. The van der Waals surface area contributed by atoms with Crippen LogP contribution >= 0.6 is 11.6 Å². The van der Waals surface area contributed by atoms with Gasteiger partial charge in [0.1, 0.15) is 23.3 Å². The summed E-state index contributed by atoms with van der Waals surface area (Å²) in [5, 5.41) is 6.55. The largest absolute Gasteiger partial charge is 0.497 e. The van der Waals surface area contributed by atoms with Crippen molar-refractivity contribution < 1.29 is 18.7 Å². The molecule has 0 spiro atoms. The molecule has 6 nitrogen and oxygen atoms in total. The van der Waals surface area contributed by atoms with Crippen LogP contribution in [0, 0.1) is 0 Å². The van der Waals surface area contributed by atoms with Crippen molar-refractivity contribution in [3.8, 4) is 11.5 Å². The first-order valence-electron chi connectivity index (χ1n) is 9.10. The first-order valence-corrected chi connectivity index (χ1v) is 9.47. The molecule has 29 heavy (non-hydrogen) atoms. The Bertz CT molecular complexity index is 1020. The molecule has 0 bridgehead atoms. The number of furan rings is 1. The van der Waals surface area contributed by atoms with Crippen LogP contribution in [-0.2, 0) is 4.79 Å². The van der Waals surface area contributed by atoms with Gasteiger partial charge < -0.3 is 13.9 Å². The number of amides is 1. The highest BCUT2D eigenvalue weighted by Crippen LogP contribution is 2.33. The Morgan fingerprint density at radius 2 is 2.00 bits per heavy atom. The fraction of sp³-hybridized carbons (Fsp3) is 0.182. The van der Waals surface area contributed by atoms with Crippen molar-refractivity contribution in [2.75, 3.05) is 13.7 Å². The summed E-state index contributed by atoms with van der Waals surface area (Å²) in [4.78, 5) is 12.9. The van der Waals surface area contributed by atoms with Crippen LogP contribution in [0.2, 0.25) is 5.02 Å². The van der Waals surface area contributed by atoms with E-state index in [0.717, 1.165) is 17.0 Å². The van der Waals surface area contributed by atoms with E-state index < -0.39 is 0 Å². The number of carbonyl (C=O) groups excluding carboxylic acids is 1. The summed E-state index contributed by atoms with van der Waals surface area (Å²) in [6, 6.07) is 17.8. The molecule has 0 saturated carbocycles. The predicted molar refractivity (Wildman–Crippen MR) is 109 cm³/mol. The van der Waals surface area contributed by atoms with Gasteiger partial charge in [0, 0.05) is 11.4 Å². The number of ether oxygens (including phenoxy) is 2. The lowest BCUT2D eigenvalue weighted by Gasteiger charge is -2.20. The maximum atomic E-state index is 12.9. The Labute approximate surface area is 173 Å². The Hall–Kier alpha value is -3.25. The first-order chi connectivity index (χ1) is 14.1. The molecule has 0 unspecified atom stereocenters. The highest BCUT2D eigenvalue weighted by molar-refractivity contribution is 6.30. The number of halogens is 1. The number of benzene rings is 2. The van der Waals surface area contributed by atoms with E-state index in [1.807, 2.05) is 30.3 Å². The van der Waals surface area contributed by atoms with Crippen LogP contribution in [0.5, 0.6) is 11.5 Å². The van der Waals surface area contributed by atoms with Crippen LogP contribution in [-0.4, -0.2) is 30.3 Å². The van der Waals surface area contributed by atoms with Crippen molar-refractivity contribution in [3.63, 3.8) is 0 Å². The molecular weight excluding hydrogens is 392 g/mol. The minimum absolute atomic E-state index is 0.156. The highest BCUT2D eigenvalue weighted by Gasteiger charge is 2.35. The lowest BCUT2D eigenvalue weighted by atomic mass is 10.0. The summed E-state index contributed by atoms with van der Waals surface area (Å²) < 4.78 is 16.4. The molecule has 7 heteroatoms. The van der Waals surface area contributed by atoms with Crippen LogP contribution in [0.15, 0.2) is 76.4 Å². The fourth-order valence-corrected chi connectivity index (χ4v) is 3.35.